The molecule has 2 atom stereocenters. The number of benzene rings is 1. The quantitative estimate of drug-likeness (QED) is 0.621. The summed E-state index contributed by atoms with van der Waals surface area (Å²) in [5.41, 5.74) is 3.67. The van der Waals surface area contributed by atoms with Gasteiger partial charge in [0.2, 0.25) is 0 Å². The molecule has 1 fully saturated rings. The van der Waals surface area contributed by atoms with Crippen LogP contribution in [0.2, 0.25) is 0 Å². The van der Waals surface area contributed by atoms with Crippen molar-refractivity contribution in [3.8, 4) is 0 Å². The fourth-order valence-electron chi connectivity index (χ4n) is 2.99. The highest BCUT2D eigenvalue weighted by molar-refractivity contribution is 5.71. The second-order valence-corrected chi connectivity index (χ2v) is 4.97. The molecule has 0 unspecified atom stereocenters. The van der Waals surface area contributed by atoms with Gasteiger partial charge in [-0.05, 0) is 41.7 Å². The third-order valence-electron chi connectivity index (χ3n) is 4.12. The number of hydrogen-bond acceptors (Lipinski definition) is 0. The van der Waals surface area contributed by atoms with Gasteiger partial charge in [-0.15, -0.1) is 0 Å². The smallest absolute Gasteiger partial charge is 0.0102 e. The largest absolute Gasteiger partial charge is 0.0799 e. The van der Waals surface area contributed by atoms with E-state index in [1.807, 2.05) is 0 Å². The van der Waals surface area contributed by atoms with Crippen molar-refractivity contribution in [1.82, 2.24) is 0 Å². The van der Waals surface area contributed by atoms with Crippen LogP contribution in [0, 0.1) is 11.3 Å². The summed E-state index contributed by atoms with van der Waals surface area (Å²) < 4.78 is 0. The van der Waals surface area contributed by atoms with Gasteiger partial charge in [-0.3, -0.25) is 0 Å². The molecule has 2 aliphatic carbocycles. The second-order valence-electron chi connectivity index (χ2n) is 4.97. The van der Waals surface area contributed by atoms with E-state index < -0.39 is 0 Å². The van der Waals surface area contributed by atoms with Crippen LogP contribution in [-0.2, 0) is 0 Å². The maximum atomic E-state index is 2.47. The summed E-state index contributed by atoms with van der Waals surface area (Å²) in [6, 6.07) is 10.9. The van der Waals surface area contributed by atoms with Crippen LogP contribution in [0.15, 0.2) is 36.4 Å². The molecule has 0 spiro atoms. The van der Waals surface area contributed by atoms with E-state index in [-0.39, 0.29) is 0 Å². The van der Waals surface area contributed by atoms with Crippen molar-refractivity contribution in [3.63, 3.8) is 0 Å². The molecule has 0 aliphatic heterocycles. The molecule has 0 nitrogen and oxygen atoms in total. The zero-order chi connectivity index (χ0) is 9.60. The van der Waals surface area contributed by atoms with Gasteiger partial charge in [0.15, 0.2) is 0 Å². The topological polar surface area (TPSA) is 0 Å². The fraction of sp³-hybridized carbons (Fsp3) is 0.429. The molecule has 0 heterocycles. The molecule has 2 aliphatic rings. The van der Waals surface area contributed by atoms with Crippen LogP contribution in [0.1, 0.15) is 31.7 Å². The number of hydrogen-bond donors (Lipinski definition) is 0. The van der Waals surface area contributed by atoms with E-state index >= 15 is 0 Å². The van der Waals surface area contributed by atoms with Crippen LogP contribution >= 0.6 is 0 Å². The molecule has 1 aromatic carbocycles. The van der Waals surface area contributed by atoms with Gasteiger partial charge in [-0.1, -0.05) is 43.3 Å². The van der Waals surface area contributed by atoms with E-state index in [1.165, 1.54) is 24.8 Å². The third-order valence-corrected chi connectivity index (χ3v) is 4.12. The Kier molecular flexibility index (Phi) is 1.61. The van der Waals surface area contributed by atoms with Gasteiger partial charge in [-0.25, -0.2) is 0 Å². The van der Waals surface area contributed by atoms with Crippen molar-refractivity contribution in [2.24, 2.45) is 11.3 Å². The molecule has 0 heteroatoms. The Morgan fingerprint density at radius 2 is 2.00 bits per heavy atom. The van der Waals surface area contributed by atoms with E-state index in [0.29, 0.717) is 5.41 Å². The summed E-state index contributed by atoms with van der Waals surface area (Å²) in [5.74, 6) is 0.852. The Balaban J connectivity index is 1.95. The van der Waals surface area contributed by atoms with Crippen molar-refractivity contribution in [3.05, 3.63) is 42.0 Å². The van der Waals surface area contributed by atoms with Crippen LogP contribution in [-0.4, -0.2) is 0 Å². The van der Waals surface area contributed by atoms with Gasteiger partial charge in [0.1, 0.15) is 0 Å². The molecule has 0 bridgehead atoms. The standard InChI is InChI=1S/C14H16/c1-14-9-7-12(13(14)8-10-14)11-5-3-2-4-6-11/h2-7,13H,8-10H2,1H3/t13-,14+/m1/s1. The van der Waals surface area contributed by atoms with Crippen LogP contribution in [0.3, 0.4) is 0 Å². The van der Waals surface area contributed by atoms with Gasteiger partial charge in [0, 0.05) is 0 Å². The van der Waals surface area contributed by atoms with Crippen LogP contribution in [0.5, 0.6) is 0 Å². The Morgan fingerprint density at radius 1 is 1.21 bits per heavy atom. The first-order chi connectivity index (χ1) is 6.80. The van der Waals surface area contributed by atoms with E-state index in [2.05, 4.69) is 43.3 Å². The van der Waals surface area contributed by atoms with Crippen LogP contribution < -0.4 is 0 Å². The highest BCUT2D eigenvalue weighted by Gasteiger charge is 2.47. The van der Waals surface area contributed by atoms with E-state index in [9.17, 15) is 0 Å². The Morgan fingerprint density at radius 3 is 2.57 bits per heavy atom. The minimum Gasteiger partial charge on any atom is -0.0799 e. The molecule has 0 N–H and O–H groups in total. The number of fused-ring (bicyclic) bond motifs is 1. The summed E-state index contributed by atoms with van der Waals surface area (Å²) in [7, 11) is 0. The SMILES string of the molecule is C[C@@]12CC=C(c3ccccc3)[C@H]1CC2. The molecule has 1 saturated carbocycles. The molecule has 0 amide bonds. The maximum Gasteiger partial charge on any atom is -0.0102 e. The molecular formula is C14H16. The van der Waals surface area contributed by atoms with Crippen molar-refractivity contribution in [2.45, 2.75) is 26.2 Å². The molecule has 1 aromatic rings. The van der Waals surface area contributed by atoms with Gasteiger partial charge in [0.05, 0.1) is 0 Å². The van der Waals surface area contributed by atoms with Crippen molar-refractivity contribution in [2.75, 3.05) is 0 Å². The summed E-state index contributed by atoms with van der Waals surface area (Å²) in [5, 5.41) is 0. The summed E-state index contributed by atoms with van der Waals surface area (Å²) >= 11 is 0. The zero-order valence-corrected chi connectivity index (χ0v) is 8.66. The first kappa shape index (κ1) is 8.28. The summed E-state index contributed by atoms with van der Waals surface area (Å²) in [4.78, 5) is 0. The zero-order valence-electron chi connectivity index (χ0n) is 8.66. The molecule has 72 valence electrons. The minimum atomic E-state index is 0.616. The first-order valence-electron chi connectivity index (χ1n) is 5.55. The lowest BCUT2D eigenvalue weighted by Gasteiger charge is -2.44. The van der Waals surface area contributed by atoms with Crippen molar-refractivity contribution >= 4 is 5.57 Å². The van der Waals surface area contributed by atoms with Gasteiger partial charge in [0.25, 0.3) is 0 Å². The second kappa shape index (κ2) is 2.73. The molecule has 0 radical (unpaired) electrons. The van der Waals surface area contributed by atoms with Gasteiger partial charge < -0.3 is 0 Å². The first-order valence-corrected chi connectivity index (χ1v) is 5.55. The van der Waals surface area contributed by atoms with Crippen LogP contribution in [0.25, 0.3) is 5.57 Å². The molecule has 0 saturated heterocycles. The van der Waals surface area contributed by atoms with Gasteiger partial charge in [-0.2, -0.15) is 0 Å². The lowest BCUT2D eigenvalue weighted by Crippen LogP contribution is -2.33. The van der Waals surface area contributed by atoms with E-state index in [0.717, 1.165) is 5.92 Å². The molecule has 0 aromatic heterocycles. The lowest BCUT2D eigenvalue weighted by molar-refractivity contribution is 0.116. The minimum absolute atomic E-state index is 0.616. The lowest BCUT2D eigenvalue weighted by atomic mass is 9.60. The average molecular weight is 184 g/mol. The van der Waals surface area contributed by atoms with Gasteiger partial charge >= 0.3 is 0 Å². The Hall–Kier alpha value is -1.04. The Bertz CT molecular complexity index is 374. The predicted octanol–water partition coefficient (Wildman–Crippen LogP) is 3.89. The highest BCUT2D eigenvalue weighted by atomic mass is 14.5. The van der Waals surface area contributed by atoms with Crippen molar-refractivity contribution < 1.29 is 0 Å². The van der Waals surface area contributed by atoms with Crippen molar-refractivity contribution in [1.29, 1.82) is 0 Å². The molecule has 14 heavy (non-hydrogen) atoms. The average Bonchev–Trinajstić information content (AvgIpc) is 2.44. The maximum absolute atomic E-state index is 2.47. The monoisotopic (exact) mass is 184 g/mol. The third kappa shape index (κ3) is 1.00. The number of rotatable bonds is 1. The summed E-state index contributed by atoms with van der Waals surface area (Å²) in [6.45, 7) is 2.44. The predicted molar refractivity (Wildman–Crippen MR) is 59.9 cm³/mol. The Labute approximate surface area is 85.6 Å². The molecule has 3 rings (SSSR count). The summed E-state index contributed by atoms with van der Waals surface area (Å²) in [6.07, 6.45) is 6.58. The highest BCUT2D eigenvalue weighted by Crippen LogP contribution is 2.59. The van der Waals surface area contributed by atoms with E-state index in [4.69, 9.17) is 0 Å². The molecular weight excluding hydrogens is 168 g/mol. The number of allylic oxidation sites excluding steroid dienone is 2. The fourth-order valence-corrected chi connectivity index (χ4v) is 2.99. The van der Waals surface area contributed by atoms with Crippen LogP contribution in [0.4, 0.5) is 0 Å². The normalized spacial score (nSPS) is 34.6. The van der Waals surface area contributed by atoms with E-state index in [1.54, 1.807) is 5.57 Å².